The molecule has 2 heterocycles. The first-order chi connectivity index (χ1) is 9.54. The van der Waals surface area contributed by atoms with Crippen LogP contribution in [0.5, 0.6) is 0 Å². The number of hydrogen-bond acceptors (Lipinski definition) is 5. The molecule has 2 rings (SSSR count). The molecule has 2 aromatic rings. The van der Waals surface area contributed by atoms with Crippen LogP contribution in [-0.2, 0) is 0 Å². The Morgan fingerprint density at radius 2 is 2.20 bits per heavy atom. The lowest BCUT2D eigenvalue weighted by Crippen LogP contribution is -2.42. The fraction of sp³-hybridized carbons (Fsp3) is 0.462. The monoisotopic (exact) mass is 278 g/mol. The summed E-state index contributed by atoms with van der Waals surface area (Å²) in [6.07, 6.45) is 1.57. The molecule has 0 bridgehead atoms. The molecule has 0 aliphatic rings. The van der Waals surface area contributed by atoms with Gasteiger partial charge in [-0.2, -0.15) is 0 Å². The first-order valence-corrected chi connectivity index (χ1v) is 6.49. The van der Waals surface area contributed by atoms with Gasteiger partial charge in [0.15, 0.2) is 5.65 Å². The minimum Gasteiger partial charge on any atom is -0.395 e. The SMILES string of the molecule is CC(C)N(CCO)CC(=O)n1nc2ccccn2c1=O. The Morgan fingerprint density at radius 3 is 2.80 bits per heavy atom. The first-order valence-electron chi connectivity index (χ1n) is 6.49. The predicted molar refractivity (Wildman–Crippen MR) is 73.9 cm³/mol. The molecule has 0 aliphatic carbocycles. The first kappa shape index (κ1) is 14.4. The van der Waals surface area contributed by atoms with Gasteiger partial charge in [0.05, 0.1) is 13.2 Å². The Morgan fingerprint density at radius 1 is 1.45 bits per heavy atom. The maximum atomic E-state index is 12.2. The normalized spacial score (nSPS) is 11.7. The van der Waals surface area contributed by atoms with Gasteiger partial charge < -0.3 is 5.11 Å². The summed E-state index contributed by atoms with van der Waals surface area (Å²) in [6, 6.07) is 5.22. The molecule has 1 N–H and O–H groups in total. The van der Waals surface area contributed by atoms with E-state index >= 15 is 0 Å². The molecule has 0 saturated heterocycles. The Bertz CT molecular complexity index is 659. The number of carbonyl (C=O) groups is 1. The smallest absolute Gasteiger partial charge is 0.357 e. The van der Waals surface area contributed by atoms with Crippen LogP contribution in [0, 0.1) is 0 Å². The van der Waals surface area contributed by atoms with Crippen molar-refractivity contribution < 1.29 is 9.90 Å². The van der Waals surface area contributed by atoms with E-state index in [1.807, 2.05) is 13.8 Å². The number of pyridine rings is 1. The van der Waals surface area contributed by atoms with Crippen molar-refractivity contribution in [2.45, 2.75) is 19.9 Å². The lowest BCUT2D eigenvalue weighted by atomic mass is 10.3. The summed E-state index contributed by atoms with van der Waals surface area (Å²) in [5.74, 6) is -0.402. The van der Waals surface area contributed by atoms with Crippen LogP contribution in [0.25, 0.3) is 5.65 Å². The van der Waals surface area contributed by atoms with Crippen LogP contribution in [0.4, 0.5) is 0 Å². The van der Waals surface area contributed by atoms with Crippen molar-refractivity contribution >= 4 is 11.6 Å². The van der Waals surface area contributed by atoms with Crippen LogP contribution >= 0.6 is 0 Å². The fourth-order valence-corrected chi connectivity index (χ4v) is 1.98. The number of fused-ring (bicyclic) bond motifs is 1. The third-order valence-electron chi connectivity index (χ3n) is 3.12. The van der Waals surface area contributed by atoms with Crippen molar-refractivity contribution in [3.05, 3.63) is 34.9 Å². The Hall–Kier alpha value is -1.99. The van der Waals surface area contributed by atoms with Crippen LogP contribution in [-0.4, -0.2) is 55.8 Å². The number of rotatable bonds is 5. The largest absolute Gasteiger partial charge is 0.395 e. The number of aliphatic hydroxyl groups excluding tert-OH is 1. The molecule has 7 heteroatoms. The molecular weight excluding hydrogens is 260 g/mol. The molecule has 0 atom stereocenters. The zero-order chi connectivity index (χ0) is 14.7. The van der Waals surface area contributed by atoms with E-state index < -0.39 is 11.6 Å². The molecule has 7 nitrogen and oxygen atoms in total. The molecule has 0 aliphatic heterocycles. The van der Waals surface area contributed by atoms with Crippen molar-refractivity contribution in [2.75, 3.05) is 19.7 Å². The molecule has 108 valence electrons. The fourth-order valence-electron chi connectivity index (χ4n) is 1.98. The van der Waals surface area contributed by atoms with E-state index in [2.05, 4.69) is 5.10 Å². The summed E-state index contributed by atoms with van der Waals surface area (Å²) < 4.78 is 2.20. The van der Waals surface area contributed by atoms with Gasteiger partial charge in [-0.1, -0.05) is 6.07 Å². The summed E-state index contributed by atoms with van der Waals surface area (Å²) >= 11 is 0. The van der Waals surface area contributed by atoms with Gasteiger partial charge in [0.25, 0.3) is 5.91 Å². The Balaban J connectivity index is 2.27. The second-order valence-electron chi connectivity index (χ2n) is 4.80. The minimum atomic E-state index is -0.474. The maximum absolute atomic E-state index is 12.2. The highest BCUT2D eigenvalue weighted by atomic mass is 16.3. The van der Waals surface area contributed by atoms with Gasteiger partial charge in [0.1, 0.15) is 0 Å². The maximum Gasteiger partial charge on any atom is 0.357 e. The molecule has 0 aromatic carbocycles. The highest BCUT2D eigenvalue weighted by molar-refractivity contribution is 5.80. The van der Waals surface area contributed by atoms with Crippen molar-refractivity contribution in [2.24, 2.45) is 0 Å². The molecule has 0 unspecified atom stereocenters. The van der Waals surface area contributed by atoms with Gasteiger partial charge in [0.2, 0.25) is 0 Å². The molecule has 0 saturated carbocycles. The number of aromatic nitrogens is 3. The van der Waals surface area contributed by atoms with Gasteiger partial charge in [-0.3, -0.25) is 9.69 Å². The van der Waals surface area contributed by atoms with Gasteiger partial charge in [0, 0.05) is 18.8 Å². The van der Waals surface area contributed by atoms with Gasteiger partial charge in [-0.25, -0.2) is 9.20 Å². The minimum absolute atomic E-state index is 0.0362. The number of carbonyl (C=O) groups excluding carboxylic acids is 1. The highest BCUT2D eigenvalue weighted by Crippen LogP contribution is 1.99. The average molecular weight is 278 g/mol. The van der Waals surface area contributed by atoms with Crippen LogP contribution in [0.3, 0.4) is 0 Å². The van der Waals surface area contributed by atoms with Crippen LogP contribution in [0.1, 0.15) is 18.6 Å². The van der Waals surface area contributed by atoms with Crippen LogP contribution < -0.4 is 5.69 Å². The zero-order valence-electron chi connectivity index (χ0n) is 11.6. The zero-order valence-corrected chi connectivity index (χ0v) is 11.6. The van der Waals surface area contributed by atoms with Gasteiger partial charge in [-0.15, -0.1) is 9.78 Å². The van der Waals surface area contributed by atoms with E-state index in [0.29, 0.717) is 12.2 Å². The molecule has 0 spiro atoms. The van der Waals surface area contributed by atoms with Crippen LogP contribution in [0.2, 0.25) is 0 Å². The van der Waals surface area contributed by atoms with Crippen molar-refractivity contribution in [3.8, 4) is 0 Å². The number of hydrogen-bond donors (Lipinski definition) is 1. The van der Waals surface area contributed by atoms with E-state index in [-0.39, 0.29) is 19.2 Å². The topological polar surface area (TPSA) is 79.8 Å². The van der Waals surface area contributed by atoms with Crippen LogP contribution in [0.15, 0.2) is 29.2 Å². The van der Waals surface area contributed by atoms with Crippen molar-refractivity contribution in [1.29, 1.82) is 0 Å². The number of aliphatic hydroxyl groups is 1. The lowest BCUT2D eigenvalue weighted by molar-refractivity contribution is 0.0779. The summed E-state index contributed by atoms with van der Waals surface area (Å²) in [7, 11) is 0. The third kappa shape index (κ3) is 2.78. The summed E-state index contributed by atoms with van der Waals surface area (Å²) in [4.78, 5) is 26.0. The van der Waals surface area contributed by atoms with E-state index in [0.717, 1.165) is 4.68 Å². The highest BCUT2D eigenvalue weighted by Gasteiger charge is 2.18. The van der Waals surface area contributed by atoms with Gasteiger partial charge >= 0.3 is 5.69 Å². The van der Waals surface area contributed by atoms with Gasteiger partial charge in [-0.05, 0) is 26.0 Å². The summed E-state index contributed by atoms with van der Waals surface area (Å²) in [5, 5.41) is 13.0. The predicted octanol–water partition coefficient (Wildman–Crippen LogP) is -0.161. The lowest BCUT2D eigenvalue weighted by Gasteiger charge is -2.24. The second-order valence-corrected chi connectivity index (χ2v) is 4.80. The standard InChI is InChI=1S/C13H18N4O3/c1-10(2)15(7-8-18)9-12(19)17-13(20)16-6-4-3-5-11(16)14-17/h3-6,10,18H,7-9H2,1-2H3. The molecule has 20 heavy (non-hydrogen) atoms. The Labute approximate surface area is 116 Å². The molecule has 0 fully saturated rings. The van der Waals surface area contributed by atoms with Crippen molar-refractivity contribution in [3.63, 3.8) is 0 Å². The van der Waals surface area contributed by atoms with E-state index in [4.69, 9.17) is 5.11 Å². The average Bonchev–Trinajstić information content (AvgIpc) is 2.76. The van der Waals surface area contributed by atoms with E-state index in [1.165, 1.54) is 4.40 Å². The number of nitrogens with zero attached hydrogens (tertiary/aromatic N) is 4. The molecule has 0 amide bonds. The summed E-state index contributed by atoms with van der Waals surface area (Å²) in [6.45, 7) is 4.24. The molecular formula is C13H18N4O3. The molecule has 0 radical (unpaired) electrons. The molecule has 2 aromatic heterocycles. The van der Waals surface area contributed by atoms with E-state index in [9.17, 15) is 9.59 Å². The summed E-state index contributed by atoms with van der Waals surface area (Å²) in [5.41, 5.74) is -0.0394. The second kappa shape index (κ2) is 5.98. The quantitative estimate of drug-likeness (QED) is 0.822. The Kier molecular flexibility index (Phi) is 4.31. The van der Waals surface area contributed by atoms with Crippen molar-refractivity contribution in [1.82, 2.24) is 19.1 Å². The van der Waals surface area contributed by atoms with E-state index in [1.54, 1.807) is 29.3 Å². The third-order valence-corrected chi connectivity index (χ3v) is 3.12.